The maximum atomic E-state index is 11.1. The first-order valence-electron chi connectivity index (χ1n) is 5.96. The van der Waals surface area contributed by atoms with Gasteiger partial charge >= 0.3 is 0 Å². The van der Waals surface area contributed by atoms with Crippen molar-refractivity contribution in [3.8, 4) is 0 Å². The fourth-order valence-corrected chi connectivity index (χ4v) is 1.78. The van der Waals surface area contributed by atoms with E-state index < -0.39 is 10.0 Å². The van der Waals surface area contributed by atoms with Crippen LogP contribution in [0.15, 0.2) is 4.99 Å². The molecule has 0 saturated carbocycles. The molecule has 9 heteroatoms. The fourth-order valence-electron chi connectivity index (χ4n) is 1.12. The summed E-state index contributed by atoms with van der Waals surface area (Å²) in [5, 5.41) is 6.14. The maximum Gasteiger partial charge on any atom is 0.211 e. The van der Waals surface area contributed by atoms with Gasteiger partial charge in [0.15, 0.2) is 5.96 Å². The molecular weight excluding hydrogens is 383 g/mol. The van der Waals surface area contributed by atoms with Crippen LogP contribution in [0.3, 0.4) is 0 Å². The Kier molecular flexibility index (Phi) is 14.4. The highest BCUT2D eigenvalue weighted by Gasteiger charge is 2.04. The second kappa shape index (κ2) is 12.9. The molecule has 0 heterocycles. The highest BCUT2D eigenvalue weighted by Crippen LogP contribution is 1.83. The standard InChI is InChI=1S/C10H24N4O3S.HI/c1-4-18(15,16)14-7-5-6-12-10(11-2)13-8-9-17-3;/h14H,4-9H2,1-3H3,(H2,11,12,13);1H. The zero-order valence-corrected chi connectivity index (χ0v) is 14.9. The molecule has 0 saturated heterocycles. The van der Waals surface area contributed by atoms with Crippen LogP contribution in [0.25, 0.3) is 0 Å². The lowest BCUT2D eigenvalue weighted by Gasteiger charge is -2.11. The van der Waals surface area contributed by atoms with Gasteiger partial charge in [0.05, 0.1) is 12.4 Å². The summed E-state index contributed by atoms with van der Waals surface area (Å²) in [7, 11) is 0.236. The van der Waals surface area contributed by atoms with Crippen LogP contribution in [-0.2, 0) is 14.8 Å². The quantitative estimate of drug-likeness (QED) is 0.212. The van der Waals surface area contributed by atoms with Gasteiger partial charge in [-0.1, -0.05) is 0 Å². The van der Waals surface area contributed by atoms with Gasteiger partial charge in [-0.25, -0.2) is 13.1 Å². The zero-order chi connectivity index (χ0) is 13.9. The SMILES string of the molecule is CCS(=O)(=O)NCCCNC(=NC)NCCOC.I. The van der Waals surface area contributed by atoms with E-state index in [2.05, 4.69) is 20.3 Å². The molecule has 0 aliphatic rings. The smallest absolute Gasteiger partial charge is 0.211 e. The van der Waals surface area contributed by atoms with Gasteiger partial charge in [-0.3, -0.25) is 4.99 Å². The number of nitrogens with zero attached hydrogens (tertiary/aromatic N) is 1. The molecule has 0 unspecified atom stereocenters. The van der Waals surface area contributed by atoms with Crippen molar-refractivity contribution in [2.45, 2.75) is 13.3 Å². The van der Waals surface area contributed by atoms with Gasteiger partial charge < -0.3 is 15.4 Å². The van der Waals surface area contributed by atoms with Crippen molar-refractivity contribution in [3.63, 3.8) is 0 Å². The summed E-state index contributed by atoms with van der Waals surface area (Å²) in [6.45, 7) is 3.98. The molecule has 0 amide bonds. The highest BCUT2D eigenvalue weighted by molar-refractivity contribution is 14.0. The van der Waals surface area contributed by atoms with Crippen molar-refractivity contribution in [2.24, 2.45) is 4.99 Å². The third-order valence-electron chi connectivity index (χ3n) is 2.17. The summed E-state index contributed by atoms with van der Waals surface area (Å²) in [5.74, 6) is 0.797. The Morgan fingerprint density at radius 1 is 1.21 bits per heavy atom. The number of hydrogen-bond acceptors (Lipinski definition) is 4. The average Bonchev–Trinajstić information content (AvgIpc) is 2.36. The Morgan fingerprint density at radius 3 is 2.37 bits per heavy atom. The lowest BCUT2D eigenvalue weighted by molar-refractivity contribution is 0.203. The number of halogens is 1. The number of sulfonamides is 1. The minimum absolute atomic E-state index is 0. The molecule has 0 aromatic rings. The van der Waals surface area contributed by atoms with Gasteiger partial charge in [-0.15, -0.1) is 24.0 Å². The Hall–Kier alpha value is -0.130. The van der Waals surface area contributed by atoms with E-state index in [9.17, 15) is 8.42 Å². The number of nitrogens with one attached hydrogen (secondary N) is 3. The Balaban J connectivity index is 0. The minimum atomic E-state index is -3.08. The van der Waals surface area contributed by atoms with Crippen LogP contribution in [0.5, 0.6) is 0 Å². The van der Waals surface area contributed by atoms with Gasteiger partial charge in [0.1, 0.15) is 0 Å². The number of ether oxygens (including phenoxy) is 1. The first-order valence-corrected chi connectivity index (χ1v) is 7.61. The topological polar surface area (TPSA) is 91.8 Å². The Morgan fingerprint density at radius 2 is 1.84 bits per heavy atom. The van der Waals surface area contributed by atoms with Crippen LogP contribution in [0.4, 0.5) is 0 Å². The molecule has 0 rings (SSSR count). The number of guanidine groups is 1. The van der Waals surface area contributed by atoms with Gasteiger partial charge in [0.25, 0.3) is 0 Å². The van der Waals surface area contributed by atoms with Crippen molar-refractivity contribution >= 4 is 40.0 Å². The first-order chi connectivity index (χ1) is 8.55. The van der Waals surface area contributed by atoms with Crippen molar-refractivity contribution in [1.29, 1.82) is 0 Å². The van der Waals surface area contributed by atoms with E-state index in [1.807, 2.05) is 0 Å². The van der Waals surface area contributed by atoms with E-state index in [0.29, 0.717) is 38.6 Å². The molecule has 0 radical (unpaired) electrons. The van der Waals surface area contributed by atoms with E-state index in [1.165, 1.54) is 0 Å². The molecule has 0 aromatic heterocycles. The van der Waals surface area contributed by atoms with E-state index in [1.54, 1.807) is 21.1 Å². The van der Waals surface area contributed by atoms with Gasteiger partial charge in [0, 0.05) is 33.8 Å². The molecule has 3 N–H and O–H groups in total. The Bertz CT molecular complexity index is 336. The van der Waals surface area contributed by atoms with Crippen molar-refractivity contribution in [3.05, 3.63) is 0 Å². The van der Waals surface area contributed by atoms with Crippen molar-refractivity contribution in [2.75, 3.05) is 46.2 Å². The van der Waals surface area contributed by atoms with E-state index in [0.717, 1.165) is 0 Å². The van der Waals surface area contributed by atoms with Crippen molar-refractivity contribution < 1.29 is 13.2 Å². The van der Waals surface area contributed by atoms with Crippen LogP contribution < -0.4 is 15.4 Å². The fraction of sp³-hybridized carbons (Fsp3) is 0.900. The predicted molar refractivity (Wildman–Crippen MR) is 88.7 cm³/mol. The summed E-state index contributed by atoms with van der Waals surface area (Å²) >= 11 is 0. The monoisotopic (exact) mass is 408 g/mol. The summed E-state index contributed by atoms with van der Waals surface area (Å²) in [4.78, 5) is 4.02. The molecule has 0 aromatic carbocycles. The van der Waals surface area contributed by atoms with Gasteiger partial charge in [-0.2, -0.15) is 0 Å². The zero-order valence-electron chi connectivity index (χ0n) is 11.7. The lowest BCUT2D eigenvalue weighted by atomic mass is 10.4. The van der Waals surface area contributed by atoms with Gasteiger partial charge in [0.2, 0.25) is 10.0 Å². The third-order valence-corrected chi connectivity index (χ3v) is 3.57. The molecule has 0 bridgehead atoms. The predicted octanol–water partition coefficient (Wildman–Crippen LogP) is -0.255. The average molecular weight is 408 g/mol. The van der Waals surface area contributed by atoms with Crippen LogP contribution >= 0.6 is 24.0 Å². The first kappa shape index (κ1) is 21.2. The molecule has 0 spiro atoms. The second-order valence-corrected chi connectivity index (χ2v) is 5.67. The second-order valence-electron chi connectivity index (χ2n) is 3.57. The van der Waals surface area contributed by atoms with E-state index >= 15 is 0 Å². The van der Waals surface area contributed by atoms with Gasteiger partial charge in [-0.05, 0) is 13.3 Å². The normalized spacial score (nSPS) is 11.8. The maximum absolute atomic E-state index is 11.1. The largest absolute Gasteiger partial charge is 0.383 e. The molecule has 0 aliphatic heterocycles. The third kappa shape index (κ3) is 12.6. The number of rotatable bonds is 9. The molecule has 7 nitrogen and oxygen atoms in total. The Labute approximate surface area is 133 Å². The summed E-state index contributed by atoms with van der Waals surface area (Å²) < 4.78 is 29.7. The molecule has 0 atom stereocenters. The van der Waals surface area contributed by atoms with Crippen LogP contribution in [-0.4, -0.2) is 60.5 Å². The minimum Gasteiger partial charge on any atom is -0.383 e. The molecular formula is C10H25IN4O3S. The van der Waals surface area contributed by atoms with Crippen LogP contribution in [0, 0.1) is 0 Å². The lowest BCUT2D eigenvalue weighted by Crippen LogP contribution is -2.40. The molecule has 116 valence electrons. The summed E-state index contributed by atoms with van der Waals surface area (Å²) in [6, 6.07) is 0. The summed E-state index contributed by atoms with van der Waals surface area (Å²) in [6.07, 6.45) is 0.699. The molecule has 0 aliphatic carbocycles. The van der Waals surface area contributed by atoms with Crippen LogP contribution in [0.2, 0.25) is 0 Å². The van der Waals surface area contributed by atoms with E-state index in [-0.39, 0.29) is 29.7 Å². The number of methoxy groups -OCH3 is 1. The molecule has 19 heavy (non-hydrogen) atoms. The molecule has 0 fully saturated rings. The van der Waals surface area contributed by atoms with Crippen LogP contribution in [0.1, 0.15) is 13.3 Å². The summed E-state index contributed by atoms with van der Waals surface area (Å²) in [5.41, 5.74) is 0. The van der Waals surface area contributed by atoms with Crippen molar-refractivity contribution in [1.82, 2.24) is 15.4 Å². The number of hydrogen-bond donors (Lipinski definition) is 3. The highest BCUT2D eigenvalue weighted by atomic mass is 127. The van der Waals surface area contributed by atoms with E-state index in [4.69, 9.17) is 4.74 Å². The number of aliphatic imine (C=N–C) groups is 1.